The fourth-order valence-corrected chi connectivity index (χ4v) is 2.81. The fraction of sp³-hybridized carbons (Fsp3) is 0.231. The molecule has 0 bridgehead atoms. The van der Waals surface area contributed by atoms with Crippen molar-refractivity contribution in [3.8, 4) is 0 Å². The van der Waals surface area contributed by atoms with Crippen molar-refractivity contribution < 1.29 is 19.0 Å². The Labute approximate surface area is 123 Å². The molecule has 1 N–H and O–H groups in total. The fourth-order valence-electron chi connectivity index (χ4n) is 1.74. The van der Waals surface area contributed by atoms with Gasteiger partial charge < -0.3 is 9.84 Å². The van der Waals surface area contributed by atoms with E-state index < -0.39 is 17.9 Å². The standard InChI is InChI=1S/C13H11ClFNO3S/c1-6-16-10(13(18)19-2)12(20-6)11(17)8-4-3-7(14)5-9(8)15/h3-5,11,17H,1-2H3. The van der Waals surface area contributed by atoms with Gasteiger partial charge in [0.25, 0.3) is 0 Å². The van der Waals surface area contributed by atoms with E-state index in [1.165, 1.54) is 19.2 Å². The minimum absolute atomic E-state index is 0.00292. The van der Waals surface area contributed by atoms with Gasteiger partial charge >= 0.3 is 5.97 Å². The van der Waals surface area contributed by atoms with E-state index in [0.29, 0.717) is 5.01 Å². The maximum Gasteiger partial charge on any atom is 0.357 e. The Bertz CT molecular complexity index is 659. The van der Waals surface area contributed by atoms with E-state index in [4.69, 9.17) is 11.6 Å². The van der Waals surface area contributed by atoms with Gasteiger partial charge in [0.2, 0.25) is 0 Å². The van der Waals surface area contributed by atoms with Crippen molar-refractivity contribution in [2.45, 2.75) is 13.0 Å². The normalized spacial score (nSPS) is 12.2. The number of rotatable bonds is 3. The van der Waals surface area contributed by atoms with Crippen molar-refractivity contribution in [1.29, 1.82) is 0 Å². The number of aliphatic hydroxyl groups is 1. The number of hydrogen-bond donors (Lipinski definition) is 1. The highest BCUT2D eigenvalue weighted by molar-refractivity contribution is 7.12. The Morgan fingerprint density at radius 2 is 2.25 bits per heavy atom. The monoisotopic (exact) mass is 315 g/mol. The number of carbonyl (C=O) groups excluding carboxylic acids is 1. The van der Waals surface area contributed by atoms with Gasteiger partial charge in [0.15, 0.2) is 5.69 Å². The van der Waals surface area contributed by atoms with E-state index in [2.05, 4.69) is 9.72 Å². The summed E-state index contributed by atoms with van der Waals surface area (Å²) in [5.41, 5.74) is 0.0278. The predicted octanol–water partition coefficient (Wildman–Crippen LogP) is 3.11. The number of carbonyl (C=O) groups is 1. The van der Waals surface area contributed by atoms with Crippen molar-refractivity contribution in [2.24, 2.45) is 0 Å². The quantitative estimate of drug-likeness (QED) is 0.884. The molecule has 0 aliphatic carbocycles. The molecule has 0 saturated carbocycles. The molecule has 1 aromatic heterocycles. The molecule has 7 heteroatoms. The van der Waals surface area contributed by atoms with Crippen molar-refractivity contribution in [1.82, 2.24) is 4.98 Å². The molecule has 0 aliphatic heterocycles. The summed E-state index contributed by atoms with van der Waals surface area (Å²) in [5, 5.41) is 11.1. The lowest BCUT2D eigenvalue weighted by Crippen LogP contribution is -2.09. The molecule has 0 fully saturated rings. The van der Waals surface area contributed by atoms with Gasteiger partial charge in [-0.05, 0) is 19.1 Å². The number of nitrogens with zero attached hydrogens (tertiary/aromatic N) is 1. The number of aryl methyl sites for hydroxylation is 1. The van der Waals surface area contributed by atoms with E-state index in [1.807, 2.05) is 0 Å². The number of aliphatic hydroxyl groups excluding tert-OH is 1. The summed E-state index contributed by atoms with van der Waals surface area (Å²) in [6.07, 6.45) is -1.30. The van der Waals surface area contributed by atoms with Crippen LogP contribution in [0.1, 0.15) is 32.0 Å². The largest absolute Gasteiger partial charge is 0.464 e. The van der Waals surface area contributed by atoms with Crippen molar-refractivity contribution in [3.05, 3.63) is 50.2 Å². The molecule has 1 atom stereocenters. The molecular formula is C13H11ClFNO3S. The van der Waals surface area contributed by atoms with Gasteiger partial charge in [0, 0.05) is 10.6 Å². The maximum absolute atomic E-state index is 13.8. The average Bonchev–Trinajstić information content (AvgIpc) is 2.79. The SMILES string of the molecule is COC(=O)c1nc(C)sc1C(O)c1ccc(Cl)cc1F. The third-order valence-corrected chi connectivity index (χ3v) is 3.90. The molecule has 0 aliphatic rings. The molecule has 0 radical (unpaired) electrons. The molecule has 0 saturated heterocycles. The lowest BCUT2D eigenvalue weighted by Gasteiger charge is -2.11. The van der Waals surface area contributed by atoms with Gasteiger partial charge in [-0.15, -0.1) is 11.3 Å². The van der Waals surface area contributed by atoms with Crippen LogP contribution >= 0.6 is 22.9 Å². The van der Waals surface area contributed by atoms with Crippen molar-refractivity contribution in [3.63, 3.8) is 0 Å². The van der Waals surface area contributed by atoms with Crippen molar-refractivity contribution in [2.75, 3.05) is 7.11 Å². The van der Waals surface area contributed by atoms with E-state index in [9.17, 15) is 14.3 Å². The second-order valence-corrected chi connectivity index (χ2v) is 5.68. The van der Waals surface area contributed by atoms with Gasteiger partial charge in [-0.2, -0.15) is 0 Å². The van der Waals surface area contributed by atoms with E-state index >= 15 is 0 Å². The molecule has 1 aromatic carbocycles. The molecule has 20 heavy (non-hydrogen) atoms. The zero-order valence-electron chi connectivity index (χ0n) is 10.7. The predicted molar refractivity (Wildman–Crippen MR) is 73.7 cm³/mol. The average molecular weight is 316 g/mol. The van der Waals surface area contributed by atoms with E-state index in [-0.39, 0.29) is 21.2 Å². The Morgan fingerprint density at radius 3 is 2.85 bits per heavy atom. The molecular weight excluding hydrogens is 305 g/mol. The minimum atomic E-state index is -1.30. The highest BCUT2D eigenvalue weighted by Crippen LogP contribution is 2.32. The summed E-state index contributed by atoms with van der Waals surface area (Å²) in [5.74, 6) is -1.32. The zero-order valence-corrected chi connectivity index (χ0v) is 12.3. The number of hydrogen-bond acceptors (Lipinski definition) is 5. The Kier molecular flexibility index (Phi) is 4.37. The van der Waals surface area contributed by atoms with Crippen LogP contribution in [0.4, 0.5) is 4.39 Å². The van der Waals surface area contributed by atoms with Crippen LogP contribution in [-0.2, 0) is 4.74 Å². The first-order valence-electron chi connectivity index (χ1n) is 5.62. The number of halogens is 2. The number of benzene rings is 1. The van der Waals surface area contributed by atoms with E-state index in [1.54, 1.807) is 6.92 Å². The first-order chi connectivity index (χ1) is 9.43. The highest BCUT2D eigenvalue weighted by Gasteiger charge is 2.26. The second kappa shape index (κ2) is 5.87. The Balaban J connectivity index is 2.48. The molecule has 1 heterocycles. The van der Waals surface area contributed by atoms with Gasteiger partial charge in [-0.3, -0.25) is 0 Å². The van der Waals surface area contributed by atoms with Gasteiger partial charge in [0.1, 0.15) is 11.9 Å². The van der Waals surface area contributed by atoms with Crippen LogP contribution in [0.2, 0.25) is 5.02 Å². The highest BCUT2D eigenvalue weighted by atomic mass is 35.5. The molecule has 1 unspecified atom stereocenters. The van der Waals surface area contributed by atoms with Crippen LogP contribution < -0.4 is 0 Å². The second-order valence-electron chi connectivity index (χ2n) is 4.01. The number of methoxy groups -OCH3 is 1. The first kappa shape index (κ1) is 14.9. The Hall–Kier alpha value is -1.50. The number of ether oxygens (including phenoxy) is 1. The summed E-state index contributed by atoms with van der Waals surface area (Å²) in [4.78, 5) is 15.9. The number of aromatic nitrogens is 1. The summed E-state index contributed by atoms with van der Waals surface area (Å²) in [6, 6.07) is 3.94. The maximum atomic E-state index is 13.8. The van der Waals surface area contributed by atoms with Crippen LogP contribution in [0, 0.1) is 12.7 Å². The van der Waals surface area contributed by atoms with Crippen LogP contribution in [0.5, 0.6) is 0 Å². The van der Waals surface area contributed by atoms with Gasteiger partial charge in [-0.1, -0.05) is 17.7 Å². The third-order valence-electron chi connectivity index (χ3n) is 2.64. The molecule has 2 rings (SSSR count). The third kappa shape index (κ3) is 2.82. The minimum Gasteiger partial charge on any atom is -0.464 e. The van der Waals surface area contributed by atoms with Crippen LogP contribution in [0.3, 0.4) is 0 Å². The lowest BCUT2D eigenvalue weighted by molar-refractivity contribution is 0.0589. The van der Waals surface area contributed by atoms with Crippen LogP contribution in [-0.4, -0.2) is 23.2 Å². The van der Waals surface area contributed by atoms with Crippen LogP contribution in [0.15, 0.2) is 18.2 Å². The van der Waals surface area contributed by atoms with Crippen LogP contribution in [0.25, 0.3) is 0 Å². The molecule has 106 valence electrons. The molecule has 4 nitrogen and oxygen atoms in total. The summed E-state index contributed by atoms with van der Waals surface area (Å²) >= 11 is 6.78. The van der Waals surface area contributed by atoms with E-state index in [0.717, 1.165) is 17.4 Å². The first-order valence-corrected chi connectivity index (χ1v) is 6.82. The summed E-state index contributed by atoms with van der Waals surface area (Å²) < 4.78 is 18.4. The zero-order chi connectivity index (χ0) is 14.9. The molecule has 0 spiro atoms. The molecule has 2 aromatic rings. The number of thiazole rings is 1. The lowest BCUT2D eigenvalue weighted by atomic mass is 10.1. The summed E-state index contributed by atoms with van der Waals surface area (Å²) in [7, 11) is 1.22. The Morgan fingerprint density at radius 1 is 1.55 bits per heavy atom. The van der Waals surface area contributed by atoms with Crippen molar-refractivity contribution >= 4 is 28.9 Å². The van der Waals surface area contributed by atoms with Gasteiger partial charge in [-0.25, -0.2) is 14.2 Å². The van der Waals surface area contributed by atoms with Gasteiger partial charge in [0.05, 0.1) is 17.0 Å². The smallest absolute Gasteiger partial charge is 0.357 e. The topological polar surface area (TPSA) is 59.4 Å². The summed E-state index contributed by atoms with van der Waals surface area (Å²) in [6.45, 7) is 1.69. The number of esters is 1. The molecule has 0 amide bonds.